The maximum absolute atomic E-state index is 12.1. The predicted molar refractivity (Wildman–Crippen MR) is 118 cm³/mol. The first-order valence-electron chi connectivity index (χ1n) is 12.2. The quantitative estimate of drug-likeness (QED) is 0.638. The summed E-state index contributed by atoms with van der Waals surface area (Å²) in [7, 11) is 3.74. The van der Waals surface area contributed by atoms with E-state index in [1.807, 2.05) is 14.1 Å². The lowest BCUT2D eigenvalue weighted by Crippen LogP contribution is -2.50. The van der Waals surface area contributed by atoms with Crippen molar-refractivity contribution < 1.29 is 9.90 Å². The van der Waals surface area contributed by atoms with Gasteiger partial charge in [0.1, 0.15) is 0 Å². The van der Waals surface area contributed by atoms with Crippen LogP contribution in [0.5, 0.6) is 0 Å². The van der Waals surface area contributed by atoms with Crippen LogP contribution in [0, 0.1) is 40.4 Å². The molecular weight excluding hydrogens is 358 g/mol. The fourth-order valence-corrected chi connectivity index (χ4v) is 8.39. The molecule has 0 heterocycles. The van der Waals surface area contributed by atoms with E-state index in [1.165, 1.54) is 38.5 Å². The van der Waals surface area contributed by atoms with E-state index in [2.05, 4.69) is 26.8 Å². The fraction of sp³-hybridized carbons (Fsp3) is 0.885. The van der Waals surface area contributed by atoms with Crippen molar-refractivity contribution >= 4 is 5.91 Å². The summed E-state index contributed by atoms with van der Waals surface area (Å²) in [6.45, 7) is 7.53. The van der Waals surface area contributed by atoms with Gasteiger partial charge < -0.3 is 10.0 Å². The highest BCUT2D eigenvalue weighted by Gasteiger charge is 2.59. The fourth-order valence-electron chi connectivity index (χ4n) is 8.39. The first kappa shape index (κ1) is 21.4. The Hall–Kier alpha value is -0.830. The number of fused-ring (bicyclic) bond motifs is 5. The van der Waals surface area contributed by atoms with Crippen molar-refractivity contribution in [3.05, 3.63) is 11.6 Å². The summed E-state index contributed by atoms with van der Waals surface area (Å²) in [5, 5.41) is 10.2. The molecule has 4 rings (SSSR count). The van der Waals surface area contributed by atoms with Crippen molar-refractivity contribution in [3.63, 3.8) is 0 Å². The monoisotopic (exact) mass is 401 g/mol. The maximum Gasteiger partial charge on any atom is 0.222 e. The minimum atomic E-state index is -0.110. The molecule has 1 N–H and O–H groups in total. The zero-order chi connectivity index (χ0) is 21.0. The summed E-state index contributed by atoms with van der Waals surface area (Å²) in [5.74, 6) is 4.18. The van der Waals surface area contributed by atoms with Crippen LogP contribution in [0.4, 0.5) is 0 Å². The van der Waals surface area contributed by atoms with Crippen molar-refractivity contribution in [2.75, 3.05) is 14.1 Å². The van der Waals surface area contributed by atoms with Gasteiger partial charge in [-0.3, -0.25) is 4.79 Å². The third kappa shape index (κ3) is 3.50. The lowest BCUT2D eigenvalue weighted by Gasteiger charge is -2.58. The number of aliphatic hydroxyl groups is 1. The Morgan fingerprint density at radius 3 is 2.66 bits per heavy atom. The number of rotatable bonds is 4. The summed E-state index contributed by atoms with van der Waals surface area (Å²) in [5.41, 5.74) is 2.37. The zero-order valence-electron chi connectivity index (χ0n) is 19.4. The van der Waals surface area contributed by atoms with Crippen LogP contribution in [0.1, 0.15) is 85.0 Å². The molecule has 3 nitrogen and oxygen atoms in total. The Balaban J connectivity index is 1.49. The molecule has 0 aromatic heterocycles. The maximum atomic E-state index is 12.1. The molecule has 4 aliphatic rings. The normalized spacial score (nSPS) is 44.9. The molecule has 0 spiro atoms. The van der Waals surface area contributed by atoms with Gasteiger partial charge in [-0.05, 0) is 98.2 Å². The van der Waals surface area contributed by atoms with Gasteiger partial charge in [0.15, 0.2) is 0 Å². The second-order valence-electron chi connectivity index (χ2n) is 11.7. The molecule has 0 aromatic rings. The van der Waals surface area contributed by atoms with Crippen LogP contribution in [-0.4, -0.2) is 36.1 Å². The predicted octanol–water partition coefficient (Wildman–Crippen LogP) is 5.43. The van der Waals surface area contributed by atoms with Crippen LogP contribution in [0.25, 0.3) is 0 Å². The number of hydrogen-bond acceptors (Lipinski definition) is 2. The summed E-state index contributed by atoms with van der Waals surface area (Å²) < 4.78 is 0. The van der Waals surface area contributed by atoms with Crippen molar-refractivity contribution in [2.45, 2.75) is 91.1 Å². The van der Waals surface area contributed by atoms with Gasteiger partial charge in [0.25, 0.3) is 0 Å². The SMILES string of the molecule is CC(CCC(=O)N(C)C)C1CCC2C3CC=C4C[C@H](O)CCC4(C)C3CCC12C. The largest absolute Gasteiger partial charge is 0.393 e. The van der Waals surface area contributed by atoms with Crippen molar-refractivity contribution in [3.8, 4) is 0 Å². The summed E-state index contributed by atoms with van der Waals surface area (Å²) in [4.78, 5) is 13.8. The van der Waals surface area contributed by atoms with Gasteiger partial charge in [0, 0.05) is 20.5 Å². The van der Waals surface area contributed by atoms with Gasteiger partial charge >= 0.3 is 0 Å². The van der Waals surface area contributed by atoms with Gasteiger partial charge in [-0.2, -0.15) is 0 Å². The number of nitrogens with zero attached hydrogens (tertiary/aromatic N) is 1. The molecule has 7 unspecified atom stereocenters. The third-order valence-electron chi connectivity index (χ3n) is 10.2. The van der Waals surface area contributed by atoms with Crippen LogP contribution in [0.15, 0.2) is 11.6 Å². The molecule has 164 valence electrons. The standard InChI is InChI=1S/C26H43NO2/c1-17(6-11-24(29)27(4)5)21-9-10-22-20-8-7-18-16-19(28)12-14-25(18,2)23(20)13-15-26(21,22)3/h7,17,19-23,28H,6,8-16H2,1-5H3/t17?,19-,20?,21?,22?,23?,25?,26?/m1/s1. The Kier molecular flexibility index (Phi) is 5.68. The van der Waals surface area contributed by atoms with E-state index < -0.39 is 0 Å². The van der Waals surface area contributed by atoms with Gasteiger partial charge in [0.05, 0.1) is 6.10 Å². The number of allylic oxidation sites excluding steroid dienone is 1. The molecule has 0 aliphatic heterocycles. The van der Waals surface area contributed by atoms with Crippen LogP contribution in [0.3, 0.4) is 0 Å². The minimum absolute atomic E-state index is 0.110. The lowest BCUT2D eigenvalue weighted by molar-refractivity contribution is -0.129. The second-order valence-corrected chi connectivity index (χ2v) is 11.7. The number of amides is 1. The van der Waals surface area contributed by atoms with Gasteiger partial charge in [-0.15, -0.1) is 0 Å². The smallest absolute Gasteiger partial charge is 0.222 e. The van der Waals surface area contributed by atoms with E-state index in [4.69, 9.17) is 0 Å². The van der Waals surface area contributed by atoms with E-state index in [-0.39, 0.29) is 12.0 Å². The number of carbonyl (C=O) groups excluding carboxylic acids is 1. The topological polar surface area (TPSA) is 40.5 Å². The number of carbonyl (C=O) groups is 1. The number of hydrogen-bond donors (Lipinski definition) is 1. The highest BCUT2D eigenvalue weighted by atomic mass is 16.3. The highest BCUT2D eigenvalue weighted by molar-refractivity contribution is 5.75. The Bertz CT molecular complexity index is 670. The van der Waals surface area contributed by atoms with Gasteiger partial charge in [0.2, 0.25) is 5.91 Å². The van der Waals surface area contributed by atoms with E-state index >= 15 is 0 Å². The van der Waals surface area contributed by atoms with Crippen molar-refractivity contribution in [2.24, 2.45) is 40.4 Å². The van der Waals surface area contributed by atoms with Crippen molar-refractivity contribution in [1.82, 2.24) is 4.90 Å². The van der Waals surface area contributed by atoms with E-state index in [9.17, 15) is 9.90 Å². The van der Waals surface area contributed by atoms with E-state index in [1.54, 1.807) is 10.5 Å². The summed E-state index contributed by atoms with van der Waals surface area (Å²) in [6.07, 6.45) is 14.0. The third-order valence-corrected chi connectivity index (χ3v) is 10.2. The summed E-state index contributed by atoms with van der Waals surface area (Å²) >= 11 is 0. The van der Waals surface area contributed by atoms with Crippen LogP contribution in [-0.2, 0) is 4.79 Å². The lowest BCUT2D eigenvalue weighted by atomic mass is 9.47. The molecule has 0 aromatic carbocycles. The first-order valence-corrected chi connectivity index (χ1v) is 12.2. The molecule has 29 heavy (non-hydrogen) atoms. The van der Waals surface area contributed by atoms with Gasteiger partial charge in [-0.1, -0.05) is 32.4 Å². The Morgan fingerprint density at radius 2 is 1.93 bits per heavy atom. The Labute approximate surface area is 178 Å². The van der Waals surface area contributed by atoms with Crippen LogP contribution >= 0.6 is 0 Å². The average Bonchev–Trinajstić information content (AvgIpc) is 3.03. The minimum Gasteiger partial charge on any atom is -0.393 e. The zero-order valence-corrected chi connectivity index (χ0v) is 19.4. The molecule has 3 heteroatoms. The summed E-state index contributed by atoms with van der Waals surface area (Å²) in [6, 6.07) is 0. The molecule has 0 bridgehead atoms. The van der Waals surface area contributed by atoms with E-state index in [0.29, 0.717) is 23.2 Å². The molecule has 3 saturated carbocycles. The number of aliphatic hydroxyl groups excluding tert-OH is 1. The highest BCUT2D eigenvalue weighted by Crippen LogP contribution is 2.67. The first-order chi connectivity index (χ1) is 13.7. The molecule has 3 fully saturated rings. The molecule has 1 amide bonds. The Morgan fingerprint density at radius 1 is 1.17 bits per heavy atom. The van der Waals surface area contributed by atoms with Crippen LogP contribution < -0.4 is 0 Å². The molecule has 0 saturated heterocycles. The van der Waals surface area contributed by atoms with Crippen molar-refractivity contribution in [1.29, 1.82) is 0 Å². The average molecular weight is 402 g/mol. The molecule has 4 aliphatic carbocycles. The molecular formula is C26H43NO2. The molecule has 8 atom stereocenters. The van der Waals surface area contributed by atoms with Gasteiger partial charge in [-0.25, -0.2) is 0 Å². The van der Waals surface area contributed by atoms with Crippen LogP contribution in [0.2, 0.25) is 0 Å². The van der Waals surface area contributed by atoms with E-state index in [0.717, 1.165) is 42.9 Å². The molecule has 0 radical (unpaired) electrons. The second kappa shape index (κ2) is 7.70.